The first kappa shape index (κ1) is 11.5. The predicted molar refractivity (Wildman–Crippen MR) is 49.9 cm³/mol. The Hall–Kier alpha value is -0.540. The Morgan fingerprint density at radius 1 is 1.25 bits per heavy atom. The molecule has 0 aromatic carbocycles. The molecule has 0 amide bonds. The molecular formula is C9H19NO2. The molecule has 0 saturated heterocycles. The van der Waals surface area contributed by atoms with E-state index < -0.39 is 5.79 Å². The molecule has 0 aliphatic carbocycles. The summed E-state index contributed by atoms with van der Waals surface area (Å²) in [7, 11) is 7.25. The molecule has 0 fully saturated rings. The lowest BCUT2D eigenvalue weighted by Gasteiger charge is -2.24. The smallest absolute Gasteiger partial charge is 0.168 e. The molecule has 0 N–H and O–H groups in total. The van der Waals surface area contributed by atoms with E-state index in [1.54, 1.807) is 14.2 Å². The highest BCUT2D eigenvalue weighted by Gasteiger charge is 2.19. The molecule has 12 heavy (non-hydrogen) atoms. The Morgan fingerprint density at radius 3 is 2.08 bits per heavy atom. The lowest BCUT2D eigenvalue weighted by atomic mass is 10.2. The van der Waals surface area contributed by atoms with Gasteiger partial charge in [-0.1, -0.05) is 6.08 Å². The fraction of sp³-hybridized carbons (Fsp3) is 0.778. The third kappa shape index (κ3) is 4.36. The van der Waals surface area contributed by atoms with Crippen LogP contribution in [-0.4, -0.2) is 39.0 Å². The molecular weight excluding hydrogens is 154 g/mol. The van der Waals surface area contributed by atoms with Crippen molar-refractivity contribution in [3.8, 4) is 0 Å². The van der Waals surface area contributed by atoms with E-state index in [0.29, 0.717) is 0 Å². The van der Waals surface area contributed by atoms with Crippen LogP contribution in [0.15, 0.2) is 12.3 Å². The Kier molecular flexibility index (Phi) is 4.93. The molecule has 0 radical (unpaired) electrons. The average Bonchev–Trinajstić information content (AvgIpc) is 2.03. The van der Waals surface area contributed by atoms with E-state index in [1.165, 1.54) is 0 Å². The molecule has 0 saturated carbocycles. The fourth-order valence-electron chi connectivity index (χ4n) is 0.728. The van der Waals surface area contributed by atoms with E-state index in [0.717, 1.165) is 6.42 Å². The Bertz CT molecular complexity index is 139. The molecule has 0 unspecified atom stereocenters. The molecule has 3 nitrogen and oxygen atoms in total. The fourth-order valence-corrected chi connectivity index (χ4v) is 0.728. The van der Waals surface area contributed by atoms with Gasteiger partial charge in [-0.25, -0.2) is 0 Å². The van der Waals surface area contributed by atoms with E-state index in [1.807, 2.05) is 38.2 Å². The molecule has 3 heteroatoms. The minimum absolute atomic E-state index is 0.494. The van der Waals surface area contributed by atoms with Gasteiger partial charge in [0.15, 0.2) is 5.79 Å². The lowest BCUT2D eigenvalue weighted by molar-refractivity contribution is -0.190. The molecule has 0 aromatic rings. The maximum absolute atomic E-state index is 5.18. The van der Waals surface area contributed by atoms with E-state index in [9.17, 15) is 0 Å². The average molecular weight is 173 g/mol. The predicted octanol–water partition coefficient (Wildman–Crippen LogP) is 1.46. The normalized spacial score (nSPS) is 12.4. The van der Waals surface area contributed by atoms with Crippen LogP contribution >= 0.6 is 0 Å². The first-order valence-electron chi connectivity index (χ1n) is 3.97. The molecule has 0 aliphatic heterocycles. The molecule has 0 spiro atoms. The Labute approximate surface area is 75.0 Å². The van der Waals surface area contributed by atoms with Gasteiger partial charge in [-0.3, -0.25) is 0 Å². The van der Waals surface area contributed by atoms with E-state index in [2.05, 4.69) is 0 Å². The molecule has 0 atom stereocenters. The molecule has 0 aromatic heterocycles. The highest BCUT2D eigenvalue weighted by molar-refractivity contribution is 4.84. The summed E-state index contributed by atoms with van der Waals surface area (Å²) in [6.45, 7) is 1.91. The second-order valence-corrected chi connectivity index (χ2v) is 3.09. The van der Waals surface area contributed by atoms with Crippen molar-refractivity contribution in [2.75, 3.05) is 28.3 Å². The van der Waals surface area contributed by atoms with Gasteiger partial charge in [-0.2, -0.15) is 0 Å². The standard InChI is InChI=1S/C9H19NO2/c1-9(11-4,12-5)7-6-8-10(2)3/h6,8H,7H2,1-5H3/b8-6+. The van der Waals surface area contributed by atoms with Crippen LogP contribution in [0.25, 0.3) is 0 Å². The number of rotatable bonds is 5. The van der Waals surface area contributed by atoms with E-state index in [-0.39, 0.29) is 0 Å². The summed E-state index contributed by atoms with van der Waals surface area (Å²) >= 11 is 0. The summed E-state index contributed by atoms with van der Waals surface area (Å²) in [6.07, 6.45) is 4.75. The van der Waals surface area contributed by atoms with Gasteiger partial charge in [0.05, 0.1) is 0 Å². The van der Waals surface area contributed by atoms with Crippen molar-refractivity contribution in [2.24, 2.45) is 0 Å². The molecule has 0 rings (SSSR count). The maximum Gasteiger partial charge on any atom is 0.168 e. The minimum atomic E-state index is -0.494. The topological polar surface area (TPSA) is 21.7 Å². The van der Waals surface area contributed by atoms with Gasteiger partial charge in [0.1, 0.15) is 0 Å². The highest BCUT2D eigenvalue weighted by Crippen LogP contribution is 2.15. The molecule has 72 valence electrons. The Balaban J connectivity index is 3.88. The van der Waals surface area contributed by atoms with Gasteiger partial charge >= 0.3 is 0 Å². The van der Waals surface area contributed by atoms with Crippen LogP contribution in [0.4, 0.5) is 0 Å². The first-order valence-corrected chi connectivity index (χ1v) is 3.97. The maximum atomic E-state index is 5.18. The van der Waals surface area contributed by atoms with Crippen LogP contribution in [0, 0.1) is 0 Å². The zero-order valence-electron chi connectivity index (χ0n) is 8.63. The highest BCUT2D eigenvalue weighted by atomic mass is 16.7. The van der Waals surface area contributed by atoms with Crippen molar-refractivity contribution in [3.63, 3.8) is 0 Å². The van der Waals surface area contributed by atoms with Gasteiger partial charge in [-0.05, 0) is 13.1 Å². The largest absolute Gasteiger partial charge is 0.384 e. The quantitative estimate of drug-likeness (QED) is 0.587. The van der Waals surface area contributed by atoms with E-state index in [4.69, 9.17) is 9.47 Å². The number of methoxy groups -OCH3 is 2. The van der Waals surface area contributed by atoms with Gasteiger partial charge in [0, 0.05) is 34.7 Å². The summed E-state index contributed by atoms with van der Waals surface area (Å²) in [5.74, 6) is -0.494. The Morgan fingerprint density at radius 2 is 1.75 bits per heavy atom. The van der Waals surface area contributed by atoms with Crippen LogP contribution in [0.2, 0.25) is 0 Å². The summed E-state index contributed by atoms with van der Waals surface area (Å²) in [5.41, 5.74) is 0. The van der Waals surface area contributed by atoms with Crippen LogP contribution in [0.5, 0.6) is 0 Å². The number of hydrogen-bond donors (Lipinski definition) is 0. The number of nitrogens with zero attached hydrogens (tertiary/aromatic N) is 1. The second kappa shape index (κ2) is 5.17. The number of hydrogen-bond acceptors (Lipinski definition) is 3. The zero-order chi connectivity index (χ0) is 9.61. The van der Waals surface area contributed by atoms with Crippen LogP contribution in [0.3, 0.4) is 0 Å². The monoisotopic (exact) mass is 173 g/mol. The van der Waals surface area contributed by atoms with E-state index >= 15 is 0 Å². The van der Waals surface area contributed by atoms with Gasteiger partial charge in [0.25, 0.3) is 0 Å². The molecule has 0 heterocycles. The van der Waals surface area contributed by atoms with Crippen molar-refractivity contribution in [2.45, 2.75) is 19.1 Å². The van der Waals surface area contributed by atoms with Crippen molar-refractivity contribution < 1.29 is 9.47 Å². The summed E-state index contributed by atoms with van der Waals surface area (Å²) in [5, 5.41) is 0. The number of ether oxygens (including phenoxy) is 2. The SMILES string of the molecule is COC(C)(C/C=C/N(C)C)OC. The lowest BCUT2D eigenvalue weighted by Crippen LogP contribution is -2.28. The van der Waals surface area contributed by atoms with Crippen molar-refractivity contribution >= 4 is 0 Å². The second-order valence-electron chi connectivity index (χ2n) is 3.09. The first-order chi connectivity index (χ1) is 5.54. The third-order valence-electron chi connectivity index (χ3n) is 1.76. The third-order valence-corrected chi connectivity index (χ3v) is 1.76. The van der Waals surface area contributed by atoms with Crippen LogP contribution in [0.1, 0.15) is 13.3 Å². The van der Waals surface area contributed by atoms with Gasteiger partial charge < -0.3 is 14.4 Å². The van der Waals surface area contributed by atoms with Crippen molar-refractivity contribution in [1.82, 2.24) is 4.90 Å². The van der Waals surface area contributed by atoms with Gasteiger partial charge in [0.2, 0.25) is 0 Å². The summed E-state index contributed by atoms with van der Waals surface area (Å²) < 4.78 is 10.4. The summed E-state index contributed by atoms with van der Waals surface area (Å²) in [6, 6.07) is 0. The zero-order valence-corrected chi connectivity index (χ0v) is 8.63. The van der Waals surface area contributed by atoms with Crippen molar-refractivity contribution in [1.29, 1.82) is 0 Å². The summed E-state index contributed by atoms with van der Waals surface area (Å²) in [4.78, 5) is 1.98. The molecule has 0 aliphatic rings. The molecule has 0 bridgehead atoms. The van der Waals surface area contributed by atoms with Crippen LogP contribution in [-0.2, 0) is 9.47 Å². The van der Waals surface area contributed by atoms with Crippen LogP contribution < -0.4 is 0 Å². The van der Waals surface area contributed by atoms with Gasteiger partial charge in [-0.15, -0.1) is 0 Å². The van der Waals surface area contributed by atoms with Crippen molar-refractivity contribution in [3.05, 3.63) is 12.3 Å². The minimum Gasteiger partial charge on any atom is -0.384 e.